The van der Waals surface area contributed by atoms with E-state index in [1.807, 2.05) is 91.9 Å². The minimum absolute atomic E-state index is 0.0295. The maximum Gasteiger partial charge on any atom is 0.410 e. The van der Waals surface area contributed by atoms with Crippen molar-refractivity contribution in [2.75, 3.05) is 26.4 Å². The van der Waals surface area contributed by atoms with Crippen LogP contribution in [0.4, 0.5) is 4.79 Å². The van der Waals surface area contributed by atoms with Gasteiger partial charge in [-0.3, -0.25) is 9.69 Å². The van der Waals surface area contributed by atoms with E-state index in [2.05, 4.69) is 12.7 Å². The molecule has 1 aliphatic heterocycles. The molecule has 4 aromatic rings. The number of ether oxygens (including phenoxy) is 4. The van der Waals surface area contributed by atoms with Crippen LogP contribution < -0.4 is 9.47 Å². The first kappa shape index (κ1) is 45.3. The lowest BCUT2D eigenvalue weighted by Crippen LogP contribution is -2.70. The number of benzene rings is 4. The number of rotatable bonds is 22. The summed E-state index contributed by atoms with van der Waals surface area (Å²) in [4.78, 5) is 34.3. The van der Waals surface area contributed by atoms with Crippen molar-refractivity contribution in [1.29, 1.82) is 0 Å². The van der Waals surface area contributed by atoms with Gasteiger partial charge in [0, 0.05) is 43.2 Å². The molecule has 7 rings (SSSR count). The minimum atomic E-state index is -1.43. The van der Waals surface area contributed by atoms with Crippen LogP contribution in [0.1, 0.15) is 91.3 Å². The molecular weight excluding hydrogens is 797 g/mol. The molecule has 332 valence electrons. The van der Waals surface area contributed by atoms with E-state index in [-0.39, 0.29) is 57.2 Å². The van der Waals surface area contributed by atoms with Crippen molar-refractivity contribution in [2.45, 2.75) is 89.3 Å². The molecule has 0 radical (unpaired) electrons. The van der Waals surface area contributed by atoms with Gasteiger partial charge in [0.25, 0.3) is 0 Å². The van der Waals surface area contributed by atoms with Gasteiger partial charge >= 0.3 is 6.09 Å². The highest BCUT2D eigenvalue weighted by molar-refractivity contribution is 6.03. The van der Waals surface area contributed by atoms with E-state index in [1.165, 1.54) is 0 Å². The van der Waals surface area contributed by atoms with Gasteiger partial charge in [-0.15, -0.1) is 6.58 Å². The Kier molecular flexibility index (Phi) is 15.8. The molecule has 0 aromatic heterocycles. The summed E-state index contributed by atoms with van der Waals surface area (Å²) in [6.45, 7) is 7.09. The van der Waals surface area contributed by atoms with Crippen LogP contribution in [0, 0.1) is 17.8 Å². The van der Waals surface area contributed by atoms with Crippen LogP contribution in [0.2, 0.25) is 0 Å². The second-order valence-corrected chi connectivity index (χ2v) is 16.6. The quantitative estimate of drug-likeness (QED) is 0.0343. The highest BCUT2D eigenvalue weighted by Gasteiger charge is 2.65. The summed E-state index contributed by atoms with van der Waals surface area (Å²) >= 11 is 0. The van der Waals surface area contributed by atoms with Crippen LogP contribution in [0.15, 0.2) is 133 Å². The number of aliphatic hydroxyl groups is 2. The van der Waals surface area contributed by atoms with Gasteiger partial charge in [-0.1, -0.05) is 110 Å². The third-order valence-corrected chi connectivity index (χ3v) is 12.4. The second-order valence-electron chi connectivity index (χ2n) is 16.6. The van der Waals surface area contributed by atoms with Crippen molar-refractivity contribution in [1.82, 2.24) is 4.90 Å². The van der Waals surface area contributed by atoms with Crippen LogP contribution in [0.5, 0.6) is 17.2 Å². The number of nitrogens with zero attached hydrogens (tertiary/aromatic N) is 2. The topological polar surface area (TPSA) is 136 Å². The Hall–Kier alpha value is -5.75. The van der Waals surface area contributed by atoms with Gasteiger partial charge in [-0.25, -0.2) is 4.79 Å². The van der Waals surface area contributed by atoms with E-state index in [0.717, 1.165) is 54.2 Å². The van der Waals surface area contributed by atoms with Gasteiger partial charge in [0.15, 0.2) is 0 Å². The summed E-state index contributed by atoms with van der Waals surface area (Å²) in [6, 6.07) is 31.6. The van der Waals surface area contributed by atoms with E-state index in [1.54, 1.807) is 29.2 Å². The maximum atomic E-state index is 14.6. The fraction of sp³-hybridized carbons (Fsp3) is 0.404. The summed E-state index contributed by atoms with van der Waals surface area (Å²) < 4.78 is 27.0. The second kappa shape index (κ2) is 22.0. The minimum Gasteiger partial charge on any atom is -0.459 e. The zero-order valence-electron chi connectivity index (χ0n) is 36.2. The Balaban J connectivity index is 1.41. The highest BCUT2D eigenvalue weighted by Crippen LogP contribution is 2.62. The third-order valence-electron chi connectivity index (χ3n) is 12.4. The molecule has 6 atom stereocenters. The molecule has 4 aromatic carbocycles. The first-order chi connectivity index (χ1) is 30.9. The normalized spacial score (nSPS) is 22.7. The van der Waals surface area contributed by atoms with Crippen molar-refractivity contribution < 1.29 is 43.6 Å². The fourth-order valence-electron chi connectivity index (χ4n) is 9.68. The number of unbranched alkanes of at least 4 members (excludes halogenated alkanes) is 2. The predicted octanol–water partition coefficient (Wildman–Crippen LogP) is 10.2. The van der Waals surface area contributed by atoms with Gasteiger partial charge in [0.1, 0.15) is 42.8 Å². The first-order valence-electron chi connectivity index (χ1n) is 22.4. The molecule has 0 spiro atoms. The number of fused-ring (bicyclic) bond motifs is 2. The fourth-order valence-corrected chi connectivity index (χ4v) is 9.68. The molecule has 0 saturated heterocycles. The number of aldehydes is 1. The van der Waals surface area contributed by atoms with Crippen molar-refractivity contribution in [3.05, 3.63) is 150 Å². The Morgan fingerprint density at radius 1 is 0.889 bits per heavy atom. The van der Waals surface area contributed by atoms with E-state index >= 15 is 0 Å². The van der Waals surface area contributed by atoms with Crippen molar-refractivity contribution >= 4 is 18.1 Å². The van der Waals surface area contributed by atoms with Gasteiger partial charge < -0.3 is 34.0 Å². The monoisotopic (exact) mass is 856 g/mol. The lowest BCUT2D eigenvalue weighted by Gasteiger charge is -2.59. The summed E-state index contributed by atoms with van der Waals surface area (Å²) in [7, 11) is 0. The molecule has 0 bridgehead atoms. The molecule has 11 nitrogen and oxygen atoms in total. The molecule has 11 heteroatoms. The SMILES string of the molecule is C=CCO[C@@]12Oc3ccc(Oc4cccc(C=O)c4)cc3[C@H]3[C@H](CCCCO)[C@@H](CCCCO)C=C(C(=NOCc4ccccc4)C[C@@H]1N(CCC)C(=O)OCc1ccccc1)[C@H]32. The van der Waals surface area contributed by atoms with Crippen molar-refractivity contribution in [3.63, 3.8) is 0 Å². The molecule has 63 heavy (non-hydrogen) atoms. The third kappa shape index (κ3) is 10.6. The Morgan fingerprint density at radius 2 is 1.60 bits per heavy atom. The predicted molar refractivity (Wildman–Crippen MR) is 242 cm³/mol. The largest absolute Gasteiger partial charge is 0.459 e. The number of amides is 1. The maximum absolute atomic E-state index is 14.6. The van der Waals surface area contributed by atoms with E-state index < -0.39 is 23.8 Å². The summed E-state index contributed by atoms with van der Waals surface area (Å²) in [5.74, 6) is -0.370. The molecule has 0 unspecified atom stereocenters. The standard InChI is InChI=1S/C52H60N2O9/c1-3-26-54(51(58)59-35-37-16-7-5-8-17-37)48-33-46(53-61-36-38-18-9-6-10-19-38)44-31-40(21-11-13-27-55)43(23-12-14-28-56)49-45-32-42(62-41-22-15-20-39(30-41)34-57)24-25-47(45)63-52(48,50(44)49)60-29-4-2/h4-10,15-20,22,24-25,30-32,34,40,43,48-50,55-56H,2-3,11-14,21,23,26-29,33,35-36H2,1H3/t40-,43+,48-,49+,50+,52+/m0/s1. The number of hydrogen-bond acceptors (Lipinski definition) is 10. The molecule has 1 saturated carbocycles. The lowest BCUT2D eigenvalue weighted by molar-refractivity contribution is -0.255. The Bertz CT molecular complexity index is 2190. The Morgan fingerprint density at radius 3 is 2.30 bits per heavy atom. The van der Waals surface area contributed by atoms with Gasteiger partial charge in [-0.2, -0.15) is 0 Å². The average Bonchev–Trinajstić information content (AvgIpc) is 3.31. The van der Waals surface area contributed by atoms with Crippen LogP contribution >= 0.6 is 0 Å². The zero-order valence-corrected chi connectivity index (χ0v) is 36.2. The number of aliphatic hydroxyl groups excluding tert-OH is 2. The number of hydrogen-bond donors (Lipinski definition) is 2. The van der Waals surface area contributed by atoms with Crippen LogP contribution in [-0.4, -0.2) is 71.4 Å². The number of allylic oxidation sites excluding steroid dienone is 1. The smallest absolute Gasteiger partial charge is 0.410 e. The van der Waals surface area contributed by atoms with Crippen LogP contribution in [0.3, 0.4) is 0 Å². The zero-order chi connectivity index (χ0) is 44.0. The molecular formula is C52H60N2O9. The average molecular weight is 857 g/mol. The first-order valence-corrected chi connectivity index (χ1v) is 22.4. The van der Waals surface area contributed by atoms with Crippen molar-refractivity contribution in [3.8, 4) is 17.2 Å². The molecule has 2 aliphatic carbocycles. The molecule has 3 aliphatic rings. The number of carbonyl (C=O) groups is 2. The molecule has 2 N–H and O–H groups in total. The number of oxime groups is 1. The molecule has 1 heterocycles. The van der Waals surface area contributed by atoms with E-state index in [4.69, 9.17) is 28.9 Å². The molecule has 1 amide bonds. The number of carbonyl (C=O) groups excluding carboxylic acids is 2. The van der Waals surface area contributed by atoms with E-state index in [0.29, 0.717) is 54.3 Å². The van der Waals surface area contributed by atoms with Crippen LogP contribution in [0.25, 0.3) is 0 Å². The van der Waals surface area contributed by atoms with Gasteiger partial charge in [-0.05, 0) is 91.0 Å². The van der Waals surface area contributed by atoms with E-state index in [9.17, 15) is 19.8 Å². The molecule has 1 fully saturated rings. The lowest BCUT2D eigenvalue weighted by atomic mass is 9.55. The van der Waals surface area contributed by atoms with Gasteiger partial charge in [0.05, 0.1) is 18.2 Å². The van der Waals surface area contributed by atoms with Crippen molar-refractivity contribution in [2.24, 2.45) is 22.9 Å². The van der Waals surface area contributed by atoms with Crippen LogP contribution in [-0.2, 0) is 27.5 Å². The summed E-state index contributed by atoms with van der Waals surface area (Å²) in [6.07, 6.45) is 9.75. The van der Waals surface area contributed by atoms with Gasteiger partial charge in [0.2, 0.25) is 5.79 Å². The summed E-state index contributed by atoms with van der Waals surface area (Å²) in [5, 5.41) is 24.9. The summed E-state index contributed by atoms with van der Waals surface area (Å²) in [5.41, 5.74) is 4.90. The highest BCUT2D eigenvalue weighted by atomic mass is 16.7. The Labute approximate surface area is 371 Å².